The molecule has 1 fully saturated rings. The van der Waals surface area contributed by atoms with Crippen molar-refractivity contribution in [2.75, 3.05) is 5.32 Å². The normalized spacial score (nSPS) is 14.1. The van der Waals surface area contributed by atoms with E-state index in [0.717, 1.165) is 22.9 Å². The molecule has 2 aromatic rings. The first-order chi connectivity index (χ1) is 13.1. The highest BCUT2D eigenvalue weighted by Crippen LogP contribution is 2.46. The van der Waals surface area contributed by atoms with Crippen molar-refractivity contribution in [2.45, 2.75) is 37.9 Å². The molecule has 1 aromatic heterocycles. The monoisotopic (exact) mass is 418 g/mol. The lowest BCUT2D eigenvalue weighted by atomic mass is 10.2. The predicted molar refractivity (Wildman–Crippen MR) is 92.2 cm³/mol. The zero-order valence-electron chi connectivity index (χ0n) is 14.2. The summed E-state index contributed by atoms with van der Waals surface area (Å²) in [5.74, 6) is -1.22. The van der Waals surface area contributed by atoms with E-state index in [1.54, 1.807) is 0 Å². The lowest BCUT2D eigenvalue weighted by molar-refractivity contribution is -0.384. The van der Waals surface area contributed by atoms with Crippen molar-refractivity contribution in [3.63, 3.8) is 0 Å². The van der Waals surface area contributed by atoms with Crippen molar-refractivity contribution >= 4 is 28.9 Å². The van der Waals surface area contributed by atoms with E-state index in [-0.39, 0.29) is 36.0 Å². The van der Waals surface area contributed by atoms with Crippen LogP contribution >= 0.6 is 11.6 Å². The highest BCUT2D eigenvalue weighted by molar-refractivity contribution is 6.32. The van der Waals surface area contributed by atoms with Crippen LogP contribution in [0.4, 0.5) is 24.5 Å². The molecule has 0 bridgehead atoms. The fourth-order valence-corrected chi connectivity index (χ4v) is 3.11. The molecule has 0 aliphatic heterocycles. The van der Waals surface area contributed by atoms with E-state index in [1.165, 1.54) is 0 Å². The van der Waals surface area contributed by atoms with Gasteiger partial charge in [-0.2, -0.15) is 18.3 Å². The number of carbonyl (C=O) groups is 1. The molecule has 1 amide bonds. The number of aryl methyl sites for hydroxylation is 1. The number of hydrogen-bond donors (Lipinski definition) is 2. The first kappa shape index (κ1) is 19.9. The molecule has 0 spiro atoms. The molecule has 150 valence electrons. The molecule has 0 atom stereocenters. The van der Waals surface area contributed by atoms with Gasteiger partial charge < -0.3 is 10.4 Å². The molecule has 2 N–H and O–H groups in total. The van der Waals surface area contributed by atoms with Crippen LogP contribution in [0.15, 0.2) is 18.2 Å². The summed E-state index contributed by atoms with van der Waals surface area (Å²) in [6.07, 6.45) is -3.53. The molecule has 3 rings (SSSR count). The first-order valence-electron chi connectivity index (χ1n) is 8.18. The maximum atomic E-state index is 13.0. The van der Waals surface area contributed by atoms with Gasteiger partial charge in [0.25, 0.3) is 5.69 Å². The molecule has 1 aliphatic rings. The van der Waals surface area contributed by atoms with Gasteiger partial charge in [0.05, 0.1) is 33.9 Å². The number of phenols is 1. The second kappa shape index (κ2) is 7.30. The second-order valence-corrected chi connectivity index (χ2v) is 6.68. The number of rotatable bonds is 6. The lowest BCUT2D eigenvalue weighted by Gasteiger charge is -2.09. The van der Waals surface area contributed by atoms with Gasteiger partial charge in [-0.1, -0.05) is 11.6 Å². The van der Waals surface area contributed by atoms with Crippen LogP contribution in [0.2, 0.25) is 5.02 Å². The summed E-state index contributed by atoms with van der Waals surface area (Å²) < 4.78 is 40.2. The Morgan fingerprint density at radius 2 is 2.11 bits per heavy atom. The van der Waals surface area contributed by atoms with Crippen molar-refractivity contribution in [1.29, 1.82) is 0 Å². The summed E-state index contributed by atoms with van der Waals surface area (Å²) >= 11 is 5.86. The van der Waals surface area contributed by atoms with Crippen LogP contribution < -0.4 is 5.32 Å². The average molecular weight is 419 g/mol. The Labute approximate surface area is 161 Å². The Kier molecular flexibility index (Phi) is 5.20. The Bertz CT molecular complexity index is 941. The Hall–Kier alpha value is -2.82. The van der Waals surface area contributed by atoms with Crippen LogP contribution in [0, 0.1) is 10.1 Å². The second-order valence-electron chi connectivity index (χ2n) is 6.30. The van der Waals surface area contributed by atoms with Gasteiger partial charge in [-0.25, -0.2) is 0 Å². The van der Waals surface area contributed by atoms with Crippen LogP contribution in [-0.2, 0) is 17.5 Å². The summed E-state index contributed by atoms with van der Waals surface area (Å²) in [6, 6.07) is 3.14. The largest absolute Gasteiger partial charge is 0.506 e. The summed E-state index contributed by atoms with van der Waals surface area (Å²) in [5.41, 5.74) is -1.31. The minimum absolute atomic E-state index is 0.0486. The molecule has 1 heterocycles. The molecular weight excluding hydrogens is 405 g/mol. The number of phenolic OH excluding ortho intramolecular Hbond substituents is 1. The number of nitro groups is 1. The number of amides is 1. The number of hydrogen-bond acceptors (Lipinski definition) is 5. The molecule has 12 heteroatoms. The molecule has 1 saturated carbocycles. The predicted octanol–water partition coefficient (Wildman–Crippen LogP) is 4.08. The molecule has 0 unspecified atom stereocenters. The summed E-state index contributed by atoms with van der Waals surface area (Å²) in [6.45, 7) is -0.138. The van der Waals surface area contributed by atoms with E-state index in [1.807, 2.05) is 0 Å². The highest BCUT2D eigenvalue weighted by Gasteiger charge is 2.42. The van der Waals surface area contributed by atoms with Crippen LogP contribution in [0.1, 0.15) is 36.6 Å². The van der Waals surface area contributed by atoms with Gasteiger partial charge in [-0.15, -0.1) is 0 Å². The third kappa shape index (κ3) is 4.19. The fraction of sp³-hybridized carbons (Fsp3) is 0.375. The first-order valence-corrected chi connectivity index (χ1v) is 8.56. The minimum Gasteiger partial charge on any atom is -0.506 e. The van der Waals surface area contributed by atoms with Crippen molar-refractivity contribution in [3.05, 3.63) is 44.7 Å². The molecule has 0 saturated heterocycles. The number of halogens is 4. The Morgan fingerprint density at radius 1 is 1.43 bits per heavy atom. The van der Waals surface area contributed by atoms with E-state index in [2.05, 4.69) is 10.4 Å². The van der Waals surface area contributed by atoms with E-state index in [4.69, 9.17) is 11.6 Å². The number of benzene rings is 1. The Balaban J connectivity index is 1.71. The van der Waals surface area contributed by atoms with Crippen LogP contribution in [-0.4, -0.2) is 25.7 Å². The fourth-order valence-electron chi connectivity index (χ4n) is 2.71. The quantitative estimate of drug-likeness (QED) is 0.417. The topological polar surface area (TPSA) is 110 Å². The third-order valence-corrected chi connectivity index (χ3v) is 4.55. The number of nitrogens with one attached hydrogen (secondary N) is 1. The van der Waals surface area contributed by atoms with Gasteiger partial charge >= 0.3 is 6.18 Å². The zero-order chi connectivity index (χ0) is 20.6. The van der Waals surface area contributed by atoms with Crippen LogP contribution in [0.3, 0.4) is 0 Å². The van der Waals surface area contributed by atoms with Crippen LogP contribution in [0.25, 0.3) is 0 Å². The standard InChI is InChI=1S/C16H14ClF3N4O4/c17-13-14(8-1-2-8)23(22-15(13)16(18,19)20)6-5-12(26)21-10-4-3-9(24(27)28)7-11(10)25/h3-4,7-8,25H,1-2,5-6H2,(H,21,26). The Morgan fingerprint density at radius 3 is 2.64 bits per heavy atom. The number of anilines is 1. The van der Waals surface area contributed by atoms with E-state index >= 15 is 0 Å². The third-order valence-electron chi connectivity index (χ3n) is 4.18. The van der Waals surface area contributed by atoms with Gasteiger partial charge in [0.2, 0.25) is 5.91 Å². The maximum absolute atomic E-state index is 13.0. The summed E-state index contributed by atoms with van der Waals surface area (Å²) in [7, 11) is 0. The average Bonchev–Trinajstić information content (AvgIpc) is 3.36. The van der Waals surface area contributed by atoms with Crippen molar-refractivity contribution < 1.29 is 28.0 Å². The zero-order valence-corrected chi connectivity index (χ0v) is 14.9. The molecule has 1 aromatic carbocycles. The number of aromatic hydroxyl groups is 1. The minimum atomic E-state index is -4.70. The molecular formula is C16H14ClF3N4O4. The molecule has 1 aliphatic carbocycles. The lowest BCUT2D eigenvalue weighted by Crippen LogP contribution is -2.16. The number of non-ortho nitro benzene ring substituents is 1. The van der Waals surface area contributed by atoms with Crippen molar-refractivity contribution in [2.24, 2.45) is 0 Å². The molecule has 8 nitrogen and oxygen atoms in total. The number of nitrogens with zero attached hydrogens (tertiary/aromatic N) is 3. The van der Waals surface area contributed by atoms with Gasteiger partial charge in [-0.3, -0.25) is 19.6 Å². The molecule has 28 heavy (non-hydrogen) atoms. The number of aromatic nitrogens is 2. The highest BCUT2D eigenvalue weighted by atomic mass is 35.5. The number of alkyl halides is 3. The van der Waals surface area contributed by atoms with Crippen molar-refractivity contribution in [1.82, 2.24) is 9.78 Å². The van der Waals surface area contributed by atoms with Gasteiger partial charge in [0.15, 0.2) is 5.69 Å². The van der Waals surface area contributed by atoms with Gasteiger partial charge in [0.1, 0.15) is 5.75 Å². The number of nitro benzene ring substituents is 1. The SMILES string of the molecule is O=C(CCn1nc(C(F)(F)F)c(Cl)c1C1CC1)Nc1ccc([N+](=O)[O-])cc1O. The van der Waals surface area contributed by atoms with Gasteiger partial charge in [-0.05, 0) is 18.9 Å². The van der Waals surface area contributed by atoms with E-state index in [0.29, 0.717) is 12.8 Å². The van der Waals surface area contributed by atoms with E-state index < -0.39 is 33.5 Å². The van der Waals surface area contributed by atoms with E-state index in [9.17, 15) is 33.2 Å². The van der Waals surface area contributed by atoms with Gasteiger partial charge in [0, 0.05) is 18.4 Å². The summed E-state index contributed by atoms with van der Waals surface area (Å²) in [5, 5.41) is 25.8. The smallest absolute Gasteiger partial charge is 0.436 e. The van der Waals surface area contributed by atoms with Crippen molar-refractivity contribution in [3.8, 4) is 5.75 Å². The number of carbonyl (C=O) groups excluding carboxylic acids is 1. The maximum Gasteiger partial charge on any atom is 0.436 e. The molecule has 0 radical (unpaired) electrons. The van der Waals surface area contributed by atoms with Crippen LogP contribution in [0.5, 0.6) is 5.75 Å². The summed E-state index contributed by atoms with van der Waals surface area (Å²) in [4.78, 5) is 22.0.